The van der Waals surface area contributed by atoms with Gasteiger partial charge in [0, 0.05) is 25.0 Å². The summed E-state index contributed by atoms with van der Waals surface area (Å²) in [5.41, 5.74) is 10.7. The number of fused-ring (bicyclic) bond motifs is 1. The van der Waals surface area contributed by atoms with Gasteiger partial charge in [0.15, 0.2) is 11.5 Å². The molecule has 0 radical (unpaired) electrons. The average Bonchev–Trinajstić information content (AvgIpc) is 2.99. The lowest BCUT2D eigenvalue weighted by molar-refractivity contribution is 0.411. The Labute approximate surface area is 178 Å². The van der Waals surface area contributed by atoms with Gasteiger partial charge in [0.05, 0.1) is 10.9 Å². The maximum absolute atomic E-state index is 6.13. The van der Waals surface area contributed by atoms with Gasteiger partial charge in [-0.3, -0.25) is 0 Å². The van der Waals surface area contributed by atoms with Gasteiger partial charge in [-0.05, 0) is 50.3 Å². The molecule has 3 rings (SSSR count). The van der Waals surface area contributed by atoms with E-state index in [1.165, 1.54) is 0 Å². The third kappa shape index (κ3) is 3.89. The highest BCUT2D eigenvalue weighted by Gasteiger charge is 2.34. The molecular weight excluding hydrogens is 374 g/mol. The Hall–Kier alpha value is -2.93. The molecule has 2 aromatic heterocycles. The van der Waals surface area contributed by atoms with E-state index in [2.05, 4.69) is 80.1 Å². The molecule has 7 nitrogen and oxygen atoms in total. The van der Waals surface area contributed by atoms with Crippen molar-refractivity contribution < 1.29 is 0 Å². The quantitative estimate of drug-likeness (QED) is 0.501. The largest absolute Gasteiger partial charge is 0.345 e. The van der Waals surface area contributed by atoms with Gasteiger partial charge < -0.3 is 16.4 Å². The minimum Gasteiger partial charge on any atom is -0.345 e. The number of hydrogen-bond donors (Lipinski definition) is 3. The van der Waals surface area contributed by atoms with Gasteiger partial charge in [-0.15, -0.1) is 0 Å². The van der Waals surface area contributed by atoms with E-state index in [1.54, 1.807) is 4.68 Å². The number of aromatic nitrogens is 4. The van der Waals surface area contributed by atoms with Gasteiger partial charge in [-0.2, -0.15) is 10.1 Å². The Morgan fingerprint density at radius 2 is 1.83 bits per heavy atom. The normalized spacial score (nSPS) is 14.6. The van der Waals surface area contributed by atoms with Crippen LogP contribution in [0.3, 0.4) is 0 Å². The molecule has 7 heteroatoms. The molecule has 3 aromatic rings. The summed E-state index contributed by atoms with van der Waals surface area (Å²) in [5, 5.41) is 12.4. The van der Waals surface area contributed by atoms with Crippen LogP contribution in [-0.4, -0.2) is 31.3 Å². The van der Waals surface area contributed by atoms with E-state index in [-0.39, 0.29) is 12.0 Å². The highest BCUT2D eigenvalue weighted by atomic mass is 15.3. The highest BCUT2D eigenvalue weighted by molar-refractivity contribution is 5.90. The standard InChI is InChI=1S/C23H33N7/c1-13(2)23(7,16(5)17(6)24)28-22-25-12-18-20(29-30(8)21(18)27-22)26-19-14(3)10-9-11-15(19)4/h9-13,17H,5,24H2,1-4,6-8H3,(H,26,29)(H,25,27,28)/t17?,23-/m1/s1. The van der Waals surface area contributed by atoms with Crippen LogP contribution < -0.4 is 16.4 Å². The lowest BCUT2D eigenvalue weighted by Gasteiger charge is -2.38. The number of rotatable bonds is 7. The first kappa shape index (κ1) is 21.8. The van der Waals surface area contributed by atoms with Crippen LogP contribution in [0.1, 0.15) is 38.8 Å². The first-order valence-electron chi connectivity index (χ1n) is 10.3. The van der Waals surface area contributed by atoms with Gasteiger partial charge in [0.25, 0.3) is 0 Å². The number of aryl methyl sites for hydroxylation is 3. The van der Waals surface area contributed by atoms with Crippen LogP contribution in [0.4, 0.5) is 17.5 Å². The summed E-state index contributed by atoms with van der Waals surface area (Å²) < 4.78 is 1.77. The highest BCUT2D eigenvalue weighted by Crippen LogP contribution is 2.32. The summed E-state index contributed by atoms with van der Waals surface area (Å²) >= 11 is 0. The number of benzene rings is 1. The van der Waals surface area contributed by atoms with Crippen LogP contribution in [0.5, 0.6) is 0 Å². The van der Waals surface area contributed by atoms with E-state index in [0.717, 1.165) is 39.2 Å². The number of nitrogens with two attached hydrogens (primary N) is 1. The zero-order valence-electron chi connectivity index (χ0n) is 19.0. The van der Waals surface area contributed by atoms with E-state index in [1.807, 2.05) is 20.2 Å². The fraction of sp³-hybridized carbons (Fsp3) is 0.435. The van der Waals surface area contributed by atoms with Crippen molar-refractivity contribution in [1.29, 1.82) is 0 Å². The molecule has 0 spiro atoms. The molecule has 0 aliphatic rings. The Bertz CT molecular complexity index is 1060. The molecule has 0 saturated carbocycles. The molecule has 2 atom stereocenters. The van der Waals surface area contributed by atoms with Crippen LogP contribution >= 0.6 is 0 Å². The number of para-hydroxylation sites is 1. The summed E-state index contributed by atoms with van der Waals surface area (Å²) in [6, 6.07) is 6.07. The summed E-state index contributed by atoms with van der Waals surface area (Å²) in [5.74, 6) is 1.52. The van der Waals surface area contributed by atoms with Crippen LogP contribution in [-0.2, 0) is 7.05 Å². The van der Waals surface area contributed by atoms with Crippen LogP contribution in [0.2, 0.25) is 0 Å². The minimum absolute atomic E-state index is 0.140. The molecule has 0 fully saturated rings. The van der Waals surface area contributed by atoms with E-state index < -0.39 is 5.54 Å². The second-order valence-electron chi connectivity index (χ2n) is 8.59. The maximum Gasteiger partial charge on any atom is 0.225 e. The van der Waals surface area contributed by atoms with Gasteiger partial charge in [-0.25, -0.2) is 9.67 Å². The van der Waals surface area contributed by atoms with Crippen molar-refractivity contribution in [3.05, 3.63) is 47.7 Å². The predicted molar refractivity (Wildman–Crippen MR) is 125 cm³/mol. The molecule has 4 N–H and O–H groups in total. The topological polar surface area (TPSA) is 93.7 Å². The molecule has 0 aliphatic carbocycles. The fourth-order valence-corrected chi connectivity index (χ4v) is 3.62. The second-order valence-corrected chi connectivity index (χ2v) is 8.59. The van der Waals surface area contributed by atoms with Crippen LogP contribution in [0.15, 0.2) is 36.5 Å². The first-order chi connectivity index (χ1) is 14.0. The van der Waals surface area contributed by atoms with Gasteiger partial charge in [0.2, 0.25) is 5.95 Å². The third-order valence-corrected chi connectivity index (χ3v) is 6.05. The van der Waals surface area contributed by atoms with E-state index in [4.69, 9.17) is 10.7 Å². The van der Waals surface area contributed by atoms with Crippen molar-refractivity contribution in [2.24, 2.45) is 18.7 Å². The Morgan fingerprint density at radius 1 is 1.20 bits per heavy atom. The summed E-state index contributed by atoms with van der Waals surface area (Å²) in [6.45, 7) is 16.7. The van der Waals surface area contributed by atoms with Gasteiger partial charge >= 0.3 is 0 Å². The summed E-state index contributed by atoms with van der Waals surface area (Å²) in [4.78, 5) is 9.33. The number of anilines is 3. The SMILES string of the molecule is C=C(C(C)N)[C@](C)(Nc1ncc2c(Nc3c(C)cccc3C)nn(C)c2n1)C(C)C. The summed E-state index contributed by atoms with van der Waals surface area (Å²) in [6.07, 6.45) is 1.81. The van der Waals surface area contributed by atoms with E-state index in [9.17, 15) is 0 Å². The lowest BCUT2D eigenvalue weighted by Crippen LogP contribution is -2.47. The van der Waals surface area contributed by atoms with Crippen molar-refractivity contribution in [1.82, 2.24) is 19.7 Å². The number of hydrogen-bond acceptors (Lipinski definition) is 6. The van der Waals surface area contributed by atoms with Gasteiger partial charge in [0.1, 0.15) is 0 Å². The summed E-state index contributed by atoms with van der Waals surface area (Å²) in [7, 11) is 1.89. The molecule has 1 aromatic carbocycles. The molecule has 0 saturated heterocycles. The molecule has 2 heterocycles. The maximum atomic E-state index is 6.13. The van der Waals surface area contributed by atoms with Crippen molar-refractivity contribution in [3.8, 4) is 0 Å². The van der Waals surface area contributed by atoms with Crippen molar-refractivity contribution >= 4 is 28.5 Å². The van der Waals surface area contributed by atoms with Crippen LogP contribution in [0.25, 0.3) is 11.0 Å². The molecule has 1 unspecified atom stereocenters. The second kappa shape index (κ2) is 8.07. The minimum atomic E-state index is -0.431. The van der Waals surface area contributed by atoms with Crippen LogP contribution in [0, 0.1) is 19.8 Å². The van der Waals surface area contributed by atoms with Crippen molar-refractivity contribution in [2.45, 2.75) is 53.1 Å². The molecule has 160 valence electrons. The third-order valence-electron chi connectivity index (χ3n) is 6.05. The zero-order valence-corrected chi connectivity index (χ0v) is 19.0. The smallest absolute Gasteiger partial charge is 0.225 e. The molecule has 0 bridgehead atoms. The monoisotopic (exact) mass is 407 g/mol. The number of nitrogens with zero attached hydrogens (tertiary/aromatic N) is 4. The molecule has 30 heavy (non-hydrogen) atoms. The Balaban J connectivity index is 1.98. The number of nitrogens with one attached hydrogen (secondary N) is 2. The zero-order chi connectivity index (χ0) is 22.2. The Morgan fingerprint density at radius 3 is 2.40 bits per heavy atom. The molecule has 0 amide bonds. The lowest BCUT2D eigenvalue weighted by atomic mass is 9.79. The fourth-order valence-electron chi connectivity index (χ4n) is 3.62. The molecular formula is C23H33N7. The van der Waals surface area contributed by atoms with E-state index >= 15 is 0 Å². The molecule has 0 aliphatic heterocycles. The van der Waals surface area contributed by atoms with Crippen molar-refractivity contribution in [2.75, 3.05) is 10.6 Å². The van der Waals surface area contributed by atoms with E-state index in [0.29, 0.717) is 5.95 Å². The predicted octanol–water partition coefficient (Wildman–Crippen LogP) is 4.45. The Kier molecular flexibility index (Phi) is 5.85. The first-order valence-corrected chi connectivity index (χ1v) is 10.3. The van der Waals surface area contributed by atoms with Gasteiger partial charge in [-0.1, -0.05) is 38.6 Å². The average molecular weight is 408 g/mol. The van der Waals surface area contributed by atoms with Crippen molar-refractivity contribution in [3.63, 3.8) is 0 Å².